The van der Waals surface area contributed by atoms with Gasteiger partial charge < -0.3 is 15.5 Å². The maximum absolute atomic E-state index is 12.7. The highest BCUT2D eigenvalue weighted by atomic mass is 32.1. The number of amides is 1. The van der Waals surface area contributed by atoms with Gasteiger partial charge in [-0.3, -0.25) is 9.48 Å². The molecular weight excluding hydrogens is 472 g/mol. The molecule has 9 nitrogen and oxygen atoms in total. The summed E-state index contributed by atoms with van der Waals surface area (Å²) in [6, 6.07) is 10.1. The van der Waals surface area contributed by atoms with Gasteiger partial charge in [-0.25, -0.2) is 4.98 Å². The third-order valence-electron chi connectivity index (χ3n) is 5.97. The fourth-order valence-corrected chi connectivity index (χ4v) is 5.09. The minimum Gasteiger partial charge on any atom is -0.364 e. The highest BCUT2D eigenvalue weighted by Crippen LogP contribution is 2.34. The van der Waals surface area contributed by atoms with Gasteiger partial charge >= 0.3 is 0 Å². The van der Waals surface area contributed by atoms with Crippen LogP contribution in [0.4, 0.5) is 10.9 Å². The van der Waals surface area contributed by atoms with Crippen molar-refractivity contribution in [3.8, 4) is 11.3 Å². The van der Waals surface area contributed by atoms with Crippen LogP contribution in [0.25, 0.3) is 16.2 Å². The molecule has 1 amide bonds. The van der Waals surface area contributed by atoms with Gasteiger partial charge in [-0.1, -0.05) is 41.7 Å². The van der Waals surface area contributed by atoms with Gasteiger partial charge in [-0.15, -0.1) is 5.10 Å². The molecule has 36 heavy (non-hydrogen) atoms. The number of aromatic nitrogens is 5. The van der Waals surface area contributed by atoms with E-state index in [4.69, 9.17) is 10.1 Å². The van der Waals surface area contributed by atoms with Crippen molar-refractivity contribution < 1.29 is 4.79 Å². The van der Waals surface area contributed by atoms with E-state index in [9.17, 15) is 4.79 Å². The average molecular weight is 509 g/mol. The fourth-order valence-electron chi connectivity index (χ4n) is 4.23. The Morgan fingerprint density at radius 3 is 2.50 bits per heavy atom. The van der Waals surface area contributed by atoms with Crippen LogP contribution >= 0.6 is 11.3 Å². The molecule has 0 saturated heterocycles. The maximum atomic E-state index is 12.7. The van der Waals surface area contributed by atoms with Gasteiger partial charge in [0, 0.05) is 36.9 Å². The number of likely N-dealkylation sites (N-methyl/N-ethyl adjacent to an activating group) is 1. The van der Waals surface area contributed by atoms with E-state index in [1.165, 1.54) is 22.6 Å². The zero-order valence-corrected chi connectivity index (χ0v) is 23.0. The van der Waals surface area contributed by atoms with Crippen LogP contribution in [-0.4, -0.2) is 56.0 Å². The Morgan fingerprint density at radius 1 is 1.14 bits per heavy atom. The molecule has 4 aromatic rings. The molecule has 0 spiro atoms. The lowest BCUT2D eigenvalue weighted by molar-refractivity contribution is -0.119. The van der Waals surface area contributed by atoms with Crippen molar-refractivity contribution in [2.75, 3.05) is 30.4 Å². The molecule has 0 bridgehead atoms. The van der Waals surface area contributed by atoms with E-state index in [1.807, 2.05) is 58.4 Å². The van der Waals surface area contributed by atoms with Crippen LogP contribution in [0, 0.1) is 13.8 Å². The number of nitrogens with zero attached hydrogens (tertiary/aromatic N) is 6. The highest BCUT2D eigenvalue weighted by Gasteiger charge is 2.23. The third kappa shape index (κ3) is 5.53. The van der Waals surface area contributed by atoms with Gasteiger partial charge in [-0.05, 0) is 53.5 Å². The number of benzene rings is 1. The molecule has 0 saturated carbocycles. The van der Waals surface area contributed by atoms with Crippen molar-refractivity contribution in [1.29, 1.82) is 0 Å². The standard InChI is InChI=1S/C26H36N8OS/c1-8-33-18(3)20(17(2)30-33)14-15-27-21(35)16-32(7)25-31-34-23(29-26(4,5)6)22(28-24(34)36-25)19-12-10-9-11-13-19/h9-13,29H,8,14-16H2,1-7H3,(H,27,35). The molecule has 0 unspecified atom stereocenters. The molecule has 0 aliphatic carbocycles. The van der Waals surface area contributed by atoms with Crippen LogP contribution in [0.2, 0.25) is 0 Å². The first-order valence-electron chi connectivity index (χ1n) is 12.3. The summed E-state index contributed by atoms with van der Waals surface area (Å²) in [6.45, 7) is 14.2. The normalized spacial score (nSPS) is 11.8. The van der Waals surface area contributed by atoms with Crippen molar-refractivity contribution in [1.82, 2.24) is 29.7 Å². The first-order valence-corrected chi connectivity index (χ1v) is 13.1. The number of fused-ring (bicyclic) bond motifs is 1. The van der Waals surface area contributed by atoms with Crippen LogP contribution in [0.3, 0.4) is 0 Å². The van der Waals surface area contributed by atoms with E-state index in [-0.39, 0.29) is 18.0 Å². The number of rotatable bonds is 9. The molecular formula is C26H36N8OS. The van der Waals surface area contributed by atoms with E-state index >= 15 is 0 Å². The van der Waals surface area contributed by atoms with Crippen molar-refractivity contribution >= 4 is 33.2 Å². The van der Waals surface area contributed by atoms with Gasteiger partial charge in [0.25, 0.3) is 0 Å². The molecule has 10 heteroatoms. The number of carbonyl (C=O) groups is 1. The van der Waals surface area contributed by atoms with Crippen LogP contribution < -0.4 is 15.5 Å². The number of nitrogens with one attached hydrogen (secondary N) is 2. The van der Waals surface area contributed by atoms with Crippen LogP contribution in [-0.2, 0) is 17.8 Å². The van der Waals surface area contributed by atoms with Gasteiger partial charge in [0.1, 0.15) is 5.69 Å². The largest absolute Gasteiger partial charge is 0.364 e. The zero-order valence-electron chi connectivity index (χ0n) is 22.2. The van der Waals surface area contributed by atoms with Crippen molar-refractivity contribution in [2.24, 2.45) is 0 Å². The lowest BCUT2D eigenvalue weighted by atomic mass is 10.1. The van der Waals surface area contributed by atoms with E-state index in [1.54, 1.807) is 0 Å². The number of hydrogen-bond acceptors (Lipinski definition) is 7. The van der Waals surface area contributed by atoms with Crippen molar-refractivity contribution in [2.45, 2.75) is 60.0 Å². The minimum absolute atomic E-state index is 0.0402. The number of hydrogen-bond donors (Lipinski definition) is 2. The second kappa shape index (κ2) is 10.3. The molecule has 0 atom stereocenters. The molecule has 3 aromatic heterocycles. The number of carbonyl (C=O) groups excluding carboxylic acids is 1. The molecule has 0 radical (unpaired) electrons. The predicted octanol–water partition coefficient (Wildman–Crippen LogP) is 4.30. The molecule has 192 valence electrons. The summed E-state index contributed by atoms with van der Waals surface area (Å²) < 4.78 is 3.85. The maximum Gasteiger partial charge on any atom is 0.239 e. The fraction of sp³-hybridized carbons (Fsp3) is 0.462. The Morgan fingerprint density at radius 2 is 1.86 bits per heavy atom. The first kappa shape index (κ1) is 25.7. The minimum atomic E-state index is -0.167. The topological polar surface area (TPSA) is 92.4 Å². The molecule has 1 aromatic carbocycles. The van der Waals surface area contributed by atoms with Crippen LogP contribution in [0.1, 0.15) is 44.6 Å². The van der Waals surface area contributed by atoms with Gasteiger partial charge in [-0.2, -0.15) is 9.61 Å². The van der Waals surface area contributed by atoms with Crippen LogP contribution in [0.5, 0.6) is 0 Å². The van der Waals surface area contributed by atoms with Gasteiger partial charge in [0.2, 0.25) is 16.0 Å². The smallest absolute Gasteiger partial charge is 0.239 e. The summed E-state index contributed by atoms with van der Waals surface area (Å²) in [4.78, 5) is 20.2. The Hall–Kier alpha value is -3.40. The van der Waals surface area contributed by atoms with Crippen molar-refractivity contribution in [3.05, 3.63) is 47.3 Å². The van der Waals surface area contributed by atoms with Gasteiger partial charge in [0.05, 0.1) is 12.2 Å². The number of imidazole rings is 1. The molecule has 0 aliphatic heterocycles. The summed E-state index contributed by atoms with van der Waals surface area (Å²) in [5.41, 5.74) is 5.14. The van der Waals surface area contributed by atoms with E-state index in [0.717, 1.165) is 45.8 Å². The average Bonchev–Trinajstić information content (AvgIpc) is 3.46. The second-order valence-electron chi connectivity index (χ2n) is 10.1. The SMILES string of the molecule is CCn1nc(C)c(CCNC(=O)CN(C)c2nn3c(NC(C)(C)C)c(-c4ccccc4)nc3s2)c1C. The number of anilines is 2. The second-order valence-corrected chi connectivity index (χ2v) is 11.0. The van der Waals surface area contributed by atoms with E-state index in [0.29, 0.717) is 6.54 Å². The number of aryl methyl sites for hydroxylation is 2. The Bertz CT molecular complexity index is 1350. The molecule has 2 N–H and O–H groups in total. The van der Waals surface area contributed by atoms with E-state index in [2.05, 4.69) is 50.4 Å². The Kier molecular flexibility index (Phi) is 7.35. The van der Waals surface area contributed by atoms with Crippen molar-refractivity contribution in [3.63, 3.8) is 0 Å². The lowest BCUT2D eigenvalue weighted by Gasteiger charge is -2.22. The quantitative estimate of drug-likeness (QED) is 0.350. The monoisotopic (exact) mass is 508 g/mol. The van der Waals surface area contributed by atoms with E-state index < -0.39 is 0 Å². The molecule has 4 rings (SSSR count). The van der Waals surface area contributed by atoms with Crippen LogP contribution in [0.15, 0.2) is 30.3 Å². The summed E-state index contributed by atoms with van der Waals surface area (Å²) in [5, 5.41) is 16.7. The predicted molar refractivity (Wildman–Crippen MR) is 147 cm³/mol. The summed E-state index contributed by atoms with van der Waals surface area (Å²) in [6.07, 6.45) is 0.766. The Labute approximate surface area is 216 Å². The summed E-state index contributed by atoms with van der Waals surface area (Å²) in [7, 11) is 1.88. The molecule has 3 heterocycles. The lowest BCUT2D eigenvalue weighted by Crippen LogP contribution is -2.36. The molecule has 0 aliphatic rings. The first-order chi connectivity index (χ1) is 17.1. The third-order valence-corrected chi connectivity index (χ3v) is 6.99. The summed E-state index contributed by atoms with van der Waals surface area (Å²) in [5.74, 6) is 0.809. The summed E-state index contributed by atoms with van der Waals surface area (Å²) >= 11 is 1.47. The zero-order chi connectivity index (χ0) is 26.0. The highest BCUT2D eigenvalue weighted by molar-refractivity contribution is 7.20. The Balaban J connectivity index is 1.45. The molecule has 0 fully saturated rings. The van der Waals surface area contributed by atoms with Gasteiger partial charge in [0.15, 0.2) is 5.82 Å².